The fourth-order valence-corrected chi connectivity index (χ4v) is 4.27. The molecule has 0 spiro atoms. The average molecular weight is 305 g/mol. The number of piperidine rings is 1. The summed E-state index contributed by atoms with van der Waals surface area (Å²) in [6.07, 6.45) is 2.37. The van der Waals surface area contributed by atoms with Gasteiger partial charge in [-0.2, -0.15) is 4.31 Å². The zero-order chi connectivity index (χ0) is 14.9. The third-order valence-electron chi connectivity index (χ3n) is 3.64. The Hall–Kier alpha value is -1.05. The van der Waals surface area contributed by atoms with Gasteiger partial charge in [0.2, 0.25) is 10.0 Å². The van der Waals surface area contributed by atoms with E-state index in [9.17, 15) is 17.2 Å². The fourth-order valence-electron chi connectivity index (χ4n) is 2.48. The molecule has 7 heteroatoms. The molecule has 4 nitrogen and oxygen atoms in total. The van der Waals surface area contributed by atoms with Gasteiger partial charge in [-0.1, -0.05) is 6.42 Å². The molecule has 1 aromatic carbocycles. The topological polar surface area (TPSA) is 57.6 Å². The summed E-state index contributed by atoms with van der Waals surface area (Å²) in [5.41, 5.74) is -0.615. The minimum absolute atomic E-state index is 0.212. The molecule has 1 unspecified atom stereocenters. The van der Waals surface area contributed by atoms with Crippen LogP contribution >= 0.6 is 0 Å². The van der Waals surface area contributed by atoms with Crippen LogP contribution in [0.4, 0.5) is 8.78 Å². The number of nitrogens with zero attached hydrogens (tertiary/aromatic N) is 1. The van der Waals surface area contributed by atoms with Gasteiger partial charge in [-0.25, -0.2) is 17.2 Å². The van der Waals surface area contributed by atoms with Gasteiger partial charge >= 0.3 is 0 Å². The molecule has 1 N–H and O–H groups in total. The predicted molar refractivity (Wildman–Crippen MR) is 69.5 cm³/mol. The van der Waals surface area contributed by atoms with Gasteiger partial charge in [0.05, 0.1) is 12.2 Å². The van der Waals surface area contributed by atoms with Crippen molar-refractivity contribution < 1.29 is 22.3 Å². The van der Waals surface area contributed by atoms with Gasteiger partial charge in [-0.15, -0.1) is 0 Å². The molecular weight excluding hydrogens is 288 g/mol. The highest BCUT2D eigenvalue weighted by atomic mass is 32.2. The van der Waals surface area contributed by atoms with E-state index in [1.165, 1.54) is 4.31 Å². The molecule has 0 aromatic heterocycles. The average Bonchev–Trinajstić information content (AvgIpc) is 2.39. The second-order valence-corrected chi connectivity index (χ2v) is 6.82. The molecule has 1 saturated heterocycles. The molecule has 1 heterocycles. The van der Waals surface area contributed by atoms with Crippen molar-refractivity contribution in [2.45, 2.75) is 43.7 Å². The first kappa shape index (κ1) is 15.3. The van der Waals surface area contributed by atoms with E-state index in [0.29, 0.717) is 6.54 Å². The second-order valence-electron chi connectivity index (χ2n) is 4.96. The summed E-state index contributed by atoms with van der Waals surface area (Å²) in [6, 6.07) is 1.58. The minimum Gasteiger partial charge on any atom is -0.391 e. The van der Waals surface area contributed by atoms with Crippen LogP contribution in [0.1, 0.15) is 31.7 Å². The first-order valence-electron chi connectivity index (χ1n) is 6.49. The van der Waals surface area contributed by atoms with Gasteiger partial charge in [0, 0.05) is 12.6 Å². The summed E-state index contributed by atoms with van der Waals surface area (Å²) in [7, 11) is -4.01. The molecule has 1 aliphatic rings. The maximum atomic E-state index is 14.1. The van der Waals surface area contributed by atoms with Crippen molar-refractivity contribution in [3.63, 3.8) is 0 Å². The van der Waals surface area contributed by atoms with Gasteiger partial charge in [0.1, 0.15) is 10.7 Å². The van der Waals surface area contributed by atoms with Crippen LogP contribution in [0.2, 0.25) is 0 Å². The Kier molecular flexibility index (Phi) is 4.41. The van der Waals surface area contributed by atoms with Gasteiger partial charge in [0.15, 0.2) is 5.82 Å². The number of hydrogen-bond donors (Lipinski definition) is 1. The fraction of sp³-hybridized carbons (Fsp3) is 0.538. The van der Waals surface area contributed by atoms with E-state index < -0.39 is 38.7 Å². The largest absolute Gasteiger partial charge is 0.391 e. The monoisotopic (exact) mass is 305 g/mol. The minimum atomic E-state index is -4.01. The number of benzene rings is 1. The highest BCUT2D eigenvalue weighted by molar-refractivity contribution is 7.89. The normalized spacial score (nSPS) is 21.1. The van der Waals surface area contributed by atoms with E-state index in [1.54, 1.807) is 6.92 Å². The maximum Gasteiger partial charge on any atom is 0.246 e. The summed E-state index contributed by atoms with van der Waals surface area (Å²) < 4.78 is 53.6. The first-order valence-corrected chi connectivity index (χ1v) is 7.93. The summed E-state index contributed by atoms with van der Waals surface area (Å²) in [5, 5.41) is 8.96. The van der Waals surface area contributed by atoms with Crippen LogP contribution in [0.25, 0.3) is 0 Å². The lowest BCUT2D eigenvalue weighted by Crippen LogP contribution is -2.42. The highest BCUT2D eigenvalue weighted by Crippen LogP contribution is 2.28. The lowest BCUT2D eigenvalue weighted by Gasteiger charge is -2.32. The number of aliphatic hydroxyl groups is 1. The third-order valence-corrected chi connectivity index (χ3v) is 5.67. The van der Waals surface area contributed by atoms with Crippen LogP contribution in [0, 0.1) is 11.6 Å². The third kappa shape index (κ3) is 2.57. The molecule has 1 fully saturated rings. The Labute approximate surface area is 117 Å². The summed E-state index contributed by atoms with van der Waals surface area (Å²) >= 11 is 0. The zero-order valence-electron chi connectivity index (χ0n) is 11.1. The van der Waals surface area contributed by atoms with Crippen LogP contribution < -0.4 is 0 Å². The zero-order valence-corrected chi connectivity index (χ0v) is 12.0. The maximum absolute atomic E-state index is 14.1. The van der Waals surface area contributed by atoms with Gasteiger partial charge in [-0.3, -0.25) is 0 Å². The van der Waals surface area contributed by atoms with Crippen molar-refractivity contribution in [3.05, 3.63) is 29.3 Å². The Morgan fingerprint density at radius 3 is 2.65 bits per heavy atom. The van der Waals surface area contributed by atoms with Crippen LogP contribution in [0.5, 0.6) is 0 Å². The molecular formula is C13H17F2NO3S. The number of rotatable bonds is 3. The summed E-state index contributed by atoms with van der Waals surface area (Å²) in [5.74, 6) is -2.15. The van der Waals surface area contributed by atoms with Crippen LogP contribution in [0.3, 0.4) is 0 Å². The van der Waals surface area contributed by atoms with Crippen molar-refractivity contribution in [2.75, 3.05) is 6.54 Å². The number of sulfonamides is 1. The Bertz CT molecular complexity index is 604. The number of hydrogen-bond acceptors (Lipinski definition) is 3. The van der Waals surface area contributed by atoms with Crippen LogP contribution in [-0.2, 0) is 16.6 Å². The van der Waals surface area contributed by atoms with E-state index in [2.05, 4.69) is 0 Å². The molecule has 0 radical (unpaired) electrons. The summed E-state index contributed by atoms with van der Waals surface area (Å²) in [6.45, 7) is 1.22. The van der Waals surface area contributed by atoms with E-state index >= 15 is 0 Å². The summed E-state index contributed by atoms with van der Waals surface area (Å²) in [4.78, 5) is -0.572. The van der Waals surface area contributed by atoms with E-state index in [0.717, 1.165) is 31.4 Å². The molecule has 0 saturated carbocycles. The smallest absolute Gasteiger partial charge is 0.246 e. The molecule has 20 heavy (non-hydrogen) atoms. The highest BCUT2D eigenvalue weighted by Gasteiger charge is 2.34. The molecule has 1 aromatic rings. The molecule has 1 aliphatic heterocycles. The molecule has 0 aliphatic carbocycles. The van der Waals surface area contributed by atoms with Crippen molar-refractivity contribution in [2.24, 2.45) is 0 Å². The van der Waals surface area contributed by atoms with Gasteiger partial charge in [0.25, 0.3) is 0 Å². The van der Waals surface area contributed by atoms with Gasteiger partial charge < -0.3 is 5.11 Å². The molecule has 0 bridgehead atoms. The van der Waals surface area contributed by atoms with Crippen LogP contribution in [-0.4, -0.2) is 30.4 Å². The van der Waals surface area contributed by atoms with Crippen molar-refractivity contribution in [1.82, 2.24) is 4.31 Å². The van der Waals surface area contributed by atoms with E-state index in [1.807, 2.05) is 0 Å². The van der Waals surface area contributed by atoms with Crippen molar-refractivity contribution in [3.8, 4) is 0 Å². The quantitative estimate of drug-likeness (QED) is 0.929. The Morgan fingerprint density at radius 2 is 2.05 bits per heavy atom. The number of halogens is 2. The molecule has 1 atom stereocenters. The molecule has 0 amide bonds. The molecule has 2 rings (SSSR count). The lowest BCUT2D eigenvalue weighted by molar-refractivity contribution is 0.262. The van der Waals surface area contributed by atoms with E-state index in [-0.39, 0.29) is 6.04 Å². The van der Waals surface area contributed by atoms with Crippen molar-refractivity contribution in [1.29, 1.82) is 0 Å². The first-order chi connectivity index (χ1) is 9.39. The van der Waals surface area contributed by atoms with Crippen molar-refractivity contribution >= 4 is 10.0 Å². The Morgan fingerprint density at radius 1 is 1.35 bits per heavy atom. The lowest BCUT2D eigenvalue weighted by atomic mass is 10.1. The number of aliphatic hydroxyl groups excluding tert-OH is 1. The van der Waals surface area contributed by atoms with E-state index in [4.69, 9.17) is 5.11 Å². The second kappa shape index (κ2) is 5.75. The van der Waals surface area contributed by atoms with Crippen LogP contribution in [0.15, 0.2) is 17.0 Å². The standard InChI is InChI=1S/C13H17F2NO3S/c1-9-4-2-3-7-16(9)20(18,19)12-6-5-11(14)10(8-17)13(12)15/h5-6,9,17H,2-4,7-8H2,1H3. The van der Waals surface area contributed by atoms with Gasteiger partial charge in [-0.05, 0) is 31.9 Å². The SMILES string of the molecule is CC1CCCCN1S(=O)(=O)c1ccc(F)c(CO)c1F. The molecule has 112 valence electrons. The predicted octanol–water partition coefficient (Wildman–Crippen LogP) is 2.02. The Balaban J connectivity index is 2.49.